The fourth-order valence-corrected chi connectivity index (χ4v) is 3.74. The van der Waals surface area contributed by atoms with Crippen molar-refractivity contribution >= 4 is 39.3 Å². The lowest BCUT2D eigenvalue weighted by Gasteiger charge is -2.31. The van der Waals surface area contributed by atoms with E-state index in [9.17, 15) is 9.59 Å². The van der Waals surface area contributed by atoms with Gasteiger partial charge in [0, 0.05) is 28.9 Å². The maximum atomic E-state index is 12.0. The van der Waals surface area contributed by atoms with Gasteiger partial charge in [-0.05, 0) is 46.1 Å². The Hall–Kier alpha value is -1.08. The standard InChI is InChI=1S/C13H17BrN2O3S/c14-10-3-6-20-11(10)8-15-13(19)16-4-1-9(2-5-16)7-12(17)18/h3,6,9H,1-2,4-5,7-8H2,(H,15,19)(H,17,18). The summed E-state index contributed by atoms with van der Waals surface area (Å²) in [5.74, 6) is -0.557. The molecule has 7 heteroatoms. The molecule has 2 rings (SSSR count). The second-order valence-corrected chi connectivity index (χ2v) is 6.73. The van der Waals surface area contributed by atoms with Crippen LogP contribution in [0.3, 0.4) is 0 Å². The third kappa shape index (κ3) is 4.21. The number of rotatable bonds is 4. The van der Waals surface area contributed by atoms with Gasteiger partial charge < -0.3 is 15.3 Å². The van der Waals surface area contributed by atoms with Crippen molar-refractivity contribution in [1.29, 1.82) is 0 Å². The highest BCUT2D eigenvalue weighted by atomic mass is 79.9. The molecule has 1 aliphatic heterocycles. The second kappa shape index (κ2) is 7.08. The number of amides is 2. The summed E-state index contributed by atoms with van der Waals surface area (Å²) < 4.78 is 1.02. The summed E-state index contributed by atoms with van der Waals surface area (Å²) in [6.07, 6.45) is 1.74. The van der Waals surface area contributed by atoms with Gasteiger partial charge in [0.05, 0.1) is 6.54 Å². The molecule has 0 saturated carbocycles. The minimum absolute atomic E-state index is 0.0703. The zero-order chi connectivity index (χ0) is 14.5. The molecular formula is C13H17BrN2O3S. The molecule has 0 unspecified atom stereocenters. The smallest absolute Gasteiger partial charge is 0.317 e. The van der Waals surface area contributed by atoms with Gasteiger partial charge in [0.25, 0.3) is 0 Å². The highest BCUT2D eigenvalue weighted by molar-refractivity contribution is 9.10. The zero-order valence-corrected chi connectivity index (χ0v) is 13.4. The molecule has 0 radical (unpaired) electrons. The van der Waals surface area contributed by atoms with E-state index in [0.29, 0.717) is 19.6 Å². The van der Waals surface area contributed by atoms with Gasteiger partial charge in [0.15, 0.2) is 0 Å². The molecule has 2 heterocycles. The zero-order valence-electron chi connectivity index (χ0n) is 11.0. The molecule has 1 aliphatic rings. The van der Waals surface area contributed by atoms with E-state index in [1.807, 2.05) is 11.4 Å². The average Bonchev–Trinajstić information content (AvgIpc) is 2.82. The Balaban J connectivity index is 1.74. The quantitative estimate of drug-likeness (QED) is 0.867. The molecule has 1 aromatic heterocycles. The van der Waals surface area contributed by atoms with Crippen molar-refractivity contribution in [1.82, 2.24) is 10.2 Å². The number of urea groups is 1. The number of carbonyl (C=O) groups is 2. The van der Waals surface area contributed by atoms with Crippen molar-refractivity contribution in [2.75, 3.05) is 13.1 Å². The average molecular weight is 361 g/mol. The van der Waals surface area contributed by atoms with Crippen molar-refractivity contribution in [3.8, 4) is 0 Å². The fraction of sp³-hybridized carbons (Fsp3) is 0.538. The van der Waals surface area contributed by atoms with Crippen LogP contribution >= 0.6 is 27.3 Å². The van der Waals surface area contributed by atoms with Crippen LogP contribution in [0.4, 0.5) is 4.79 Å². The number of carboxylic acids is 1. The molecule has 5 nitrogen and oxygen atoms in total. The van der Waals surface area contributed by atoms with E-state index in [1.54, 1.807) is 16.2 Å². The summed E-state index contributed by atoms with van der Waals surface area (Å²) in [5, 5.41) is 13.6. The molecule has 110 valence electrons. The molecule has 1 fully saturated rings. The Kier molecular flexibility index (Phi) is 5.42. The van der Waals surface area contributed by atoms with E-state index in [-0.39, 0.29) is 18.4 Å². The summed E-state index contributed by atoms with van der Waals surface area (Å²) in [7, 11) is 0. The Morgan fingerprint density at radius 3 is 2.70 bits per heavy atom. The molecule has 1 saturated heterocycles. The first-order valence-corrected chi connectivity index (χ1v) is 8.20. The van der Waals surface area contributed by atoms with Gasteiger partial charge in [-0.15, -0.1) is 11.3 Å². The molecule has 20 heavy (non-hydrogen) atoms. The number of hydrogen-bond donors (Lipinski definition) is 2. The summed E-state index contributed by atoms with van der Waals surface area (Å²) >= 11 is 5.03. The number of nitrogens with one attached hydrogen (secondary N) is 1. The molecule has 0 atom stereocenters. The SMILES string of the molecule is O=C(O)CC1CCN(C(=O)NCc2sccc2Br)CC1. The van der Waals surface area contributed by atoms with Crippen molar-refractivity contribution in [2.45, 2.75) is 25.8 Å². The number of thiophene rings is 1. The minimum atomic E-state index is -0.754. The summed E-state index contributed by atoms with van der Waals surface area (Å²) in [6.45, 7) is 1.79. The first kappa shape index (κ1) is 15.3. The number of aliphatic carboxylic acids is 1. The maximum absolute atomic E-state index is 12.0. The van der Waals surface area contributed by atoms with Crippen molar-refractivity contribution in [2.24, 2.45) is 5.92 Å². The van der Waals surface area contributed by atoms with Crippen LogP contribution in [0.15, 0.2) is 15.9 Å². The number of likely N-dealkylation sites (tertiary alicyclic amines) is 1. The summed E-state index contributed by atoms with van der Waals surface area (Å²) in [6, 6.07) is 1.89. The number of piperidine rings is 1. The van der Waals surface area contributed by atoms with Crippen molar-refractivity contribution in [3.63, 3.8) is 0 Å². The monoisotopic (exact) mass is 360 g/mol. The van der Waals surface area contributed by atoms with E-state index in [4.69, 9.17) is 5.11 Å². The minimum Gasteiger partial charge on any atom is -0.481 e. The Labute approximate surface area is 130 Å². The molecule has 2 amide bonds. The topological polar surface area (TPSA) is 69.6 Å². The first-order valence-electron chi connectivity index (χ1n) is 6.52. The molecule has 1 aromatic rings. The Morgan fingerprint density at radius 1 is 1.45 bits per heavy atom. The Morgan fingerprint density at radius 2 is 2.15 bits per heavy atom. The normalized spacial score (nSPS) is 16.1. The van der Waals surface area contributed by atoms with E-state index in [0.717, 1.165) is 22.2 Å². The van der Waals surface area contributed by atoms with E-state index in [2.05, 4.69) is 21.2 Å². The van der Waals surface area contributed by atoms with Crippen LogP contribution in [0.5, 0.6) is 0 Å². The van der Waals surface area contributed by atoms with Crippen LogP contribution < -0.4 is 5.32 Å². The van der Waals surface area contributed by atoms with Crippen LogP contribution in [-0.2, 0) is 11.3 Å². The van der Waals surface area contributed by atoms with Crippen LogP contribution in [0.1, 0.15) is 24.1 Å². The maximum Gasteiger partial charge on any atom is 0.317 e. The number of carboxylic acid groups (broad SMARTS) is 1. The highest BCUT2D eigenvalue weighted by Crippen LogP contribution is 2.23. The predicted molar refractivity (Wildman–Crippen MR) is 80.8 cm³/mol. The number of nitrogens with zero attached hydrogens (tertiary/aromatic N) is 1. The van der Waals surface area contributed by atoms with Gasteiger partial charge in [0.1, 0.15) is 0 Å². The van der Waals surface area contributed by atoms with Crippen LogP contribution in [0.25, 0.3) is 0 Å². The van der Waals surface area contributed by atoms with Gasteiger partial charge in [-0.1, -0.05) is 0 Å². The van der Waals surface area contributed by atoms with E-state index < -0.39 is 5.97 Å². The summed E-state index contributed by atoms with van der Waals surface area (Å²) in [5.41, 5.74) is 0. The number of hydrogen-bond acceptors (Lipinski definition) is 3. The van der Waals surface area contributed by atoms with Crippen LogP contribution in [0.2, 0.25) is 0 Å². The first-order chi connectivity index (χ1) is 9.56. The molecule has 0 bridgehead atoms. The molecular weight excluding hydrogens is 344 g/mol. The van der Waals surface area contributed by atoms with Gasteiger partial charge in [0.2, 0.25) is 0 Å². The molecule has 0 spiro atoms. The lowest BCUT2D eigenvalue weighted by molar-refractivity contribution is -0.138. The number of carbonyl (C=O) groups excluding carboxylic acids is 1. The van der Waals surface area contributed by atoms with Gasteiger partial charge in [-0.25, -0.2) is 4.79 Å². The van der Waals surface area contributed by atoms with Gasteiger partial charge in [-0.2, -0.15) is 0 Å². The fourth-order valence-electron chi connectivity index (χ4n) is 2.31. The lowest BCUT2D eigenvalue weighted by Crippen LogP contribution is -2.44. The largest absolute Gasteiger partial charge is 0.481 e. The van der Waals surface area contributed by atoms with E-state index >= 15 is 0 Å². The number of halogens is 1. The van der Waals surface area contributed by atoms with Crippen molar-refractivity contribution < 1.29 is 14.7 Å². The van der Waals surface area contributed by atoms with E-state index in [1.165, 1.54) is 0 Å². The van der Waals surface area contributed by atoms with Gasteiger partial charge >= 0.3 is 12.0 Å². The third-order valence-electron chi connectivity index (χ3n) is 3.46. The van der Waals surface area contributed by atoms with Gasteiger partial charge in [-0.3, -0.25) is 4.79 Å². The molecule has 0 aliphatic carbocycles. The summed E-state index contributed by atoms with van der Waals surface area (Å²) in [4.78, 5) is 25.5. The molecule has 2 N–H and O–H groups in total. The van der Waals surface area contributed by atoms with Crippen molar-refractivity contribution in [3.05, 3.63) is 20.8 Å². The Bertz CT molecular complexity index is 484. The highest BCUT2D eigenvalue weighted by Gasteiger charge is 2.24. The third-order valence-corrected chi connectivity index (χ3v) is 5.38. The van der Waals surface area contributed by atoms with Crippen LogP contribution in [-0.4, -0.2) is 35.1 Å². The predicted octanol–water partition coefficient (Wildman–Crippen LogP) is 2.91. The van der Waals surface area contributed by atoms with Crippen LogP contribution in [0, 0.1) is 5.92 Å². The lowest BCUT2D eigenvalue weighted by atomic mass is 9.94. The second-order valence-electron chi connectivity index (χ2n) is 4.88. The molecule has 0 aromatic carbocycles.